The van der Waals surface area contributed by atoms with Gasteiger partial charge in [-0.2, -0.15) is 4.31 Å². The average molecular weight is 399 g/mol. The molecule has 0 radical (unpaired) electrons. The number of sulfonamides is 1. The van der Waals surface area contributed by atoms with Crippen LogP contribution >= 0.6 is 11.6 Å². The van der Waals surface area contributed by atoms with Crippen LogP contribution in [0.2, 0.25) is 5.02 Å². The Balaban J connectivity index is 1.57. The van der Waals surface area contributed by atoms with Crippen LogP contribution in [0.3, 0.4) is 0 Å². The number of amides is 1. The summed E-state index contributed by atoms with van der Waals surface area (Å²) in [5.41, 5.74) is 0. The van der Waals surface area contributed by atoms with Crippen molar-refractivity contribution in [1.82, 2.24) is 9.62 Å². The first-order valence-electron chi connectivity index (χ1n) is 9.53. The zero-order chi connectivity index (χ0) is 18.6. The summed E-state index contributed by atoms with van der Waals surface area (Å²) >= 11 is 6.06. The van der Waals surface area contributed by atoms with E-state index in [0.717, 1.165) is 12.8 Å². The van der Waals surface area contributed by atoms with Gasteiger partial charge in [-0.1, -0.05) is 49.4 Å². The number of carbonyl (C=O) groups is 1. The predicted octanol–water partition coefficient (Wildman–Crippen LogP) is 3.58. The zero-order valence-electron chi connectivity index (χ0n) is 15.0. The number of halogens is 1. The van der Waals surface area contributed by atoms with Gasteiger partial charge in [0.1, 0.15) is 4.90 Å². The molecule has 2 aliphatic rings. The highest BCUT2D eigenvalue weighted by molar-refractivity contribution is 7.89. The van der Waals surface area contributed by atoms with Crippen LogP contribution in [0.15, 0.2) is 29.2 Å². The minimum atomic E-state index is -3.60. The van der Waals surface area contributed by atoms with Crippen molar-refractivity contribution in [1.29, 1.82) is 0 Å². The fourth-order valence-electron chi connectivity index (χ4n) is 3.89. The third-order valence-corrected chi connectivity index (χ3v) is 7.88. The molecule has 1 heterocycles. The van der Waals surface area contributed by atoms with Crippen LogP contribution in [0.4, 0.5) is 0 Å². The molecule has 1 saturated heterocycles. The van der Waals surface area contributed by atoms with E-state index < -0.39 is 10.0 Å². The fraction of sp³-hybridized carbons (Fsp3) is 0.632. The van der Waals surface area contributed by atoms with E-state index >= 15 is 0 Å². The SMILES string of the molecule is O=C(NC1CCCCCC1)C1CCN(S(=O)(=O)c2ccccc2Cl)CC1. The van der Waals surface area contributed by atoms with Crippen LogP contribution in [-0.4, -0.2) is 37.8 Å². The maximum atomic E-state index is 12.8. The van der Waals surface area contributed by atoms with E-state index in [0.29, 0.717) is 25.9 Å². The van der Waals surface area contributed by atoms with Gasteiger partial charge >= 0.3 is 0 Å². The van der Waals surface area contributed by atoms with Gasteiger partial charge < -0.3 is 5.32 Å². The normalized spacial score (nSPS) is 21.3. The van der Waals surface area contributed by atoms with Crippen LogP contribution in [0, 0.1) is 5.92 Å². The molecule has 144 valence electrons. The van der Waals surface area contributed by atoms with Crippen molar-refractivity contribution in [2.75, 3.05) is 13.1 Å². The van der Waals surface area contributed by atoms with Crippen LogP contribution < -0.4 is 5.32 Å². The highest BCUT2D eigenvalue weighted by atomic mass is 35.5. The molecular weight excluding hydrogens is 372 g/mol. The lowest BCUT2D eigenvalue weighted by molar-refractivity contribution is -0.126. The molecule has 0 aromatic heterocycles. The zero-order valence-corrected chi connectivity index (χ0v) is 16.6. The van der Waals surface area contributed by atoms with Crippen LogP contribution in [0.5, 0.6) is 0 Å². The summed E-state index contributed by atoms with van der Waals surface area (Å²) in [6, 6.07) is 6.79. The topological polar surface area (TPSA) is 66.5 Å². The van der Waals surface area contributed by atoms with E-state index in [9.17, 15) is 13.2 Å². The molecule has 1 aromatic carbocycles. The third-order valence-electron chi connectivity index (χ3n) is 5.48. The first kappa shape index (κ1) is 19.6. The molecule has 0 spiro atoms. The maximum Gasteiger partial charge on any atom is 0.244 e. The first-order valence-corrected chi connectivity index (χ1v) is 11.4. The number of hydrogen-bond acceptors (Lipinski definition) is 3. The van der Waals surface area contributed by atoms with Crippen LogP contribution in [0.1, 0.15) is 51.4 Å². The van der Waals surface area contributed by atoms with E-state index in [1.807, 2.05) is 0 Å². The predicted molar refractivity (Wildman–Crippen MR) is 103 cm³/mol. The van der Waals surface area contributed by atoms with Gasteiger partial charge in [0.25, 0.3) is 0 Å². The second-order valence-corrected chi connectivity index (χ2v) is 9.62. The van der Waals surface area contributed by atoms with Crippen molar-refractivity contribution in [3.8, 4) is 0 Å². The Hall–Kier alpha value is -1.11. The highest BCUT2D eigenvalue weighted by Crippen LogP contribution is 2.28. The molecule has 1 saturated carbocycles. The van der Waals surface area contributed by atoms with E-state index in [1.165, 1.54) is 36.1 Å². The summed E-state index contributed by atoms with van der Waals surface area (Å²) in [6.07, 6.45) is 8.11. The summed E-state index contributed by atoms with van der Waals surface area (Å²) in [6.45, 7) is 0.715. The standard InChI is InChI=1S/C19H27ClN2O3S/c20-17-9-5-6-10-18(17)26(24,25)22-13-11-15(12-14-22)19(23)21-16-7-3-1-2-4-8-16/h5-6,9-10,15-16H,1-4,7-8,11-14H2,(H,21,23). The molecule has 0 bridgehead atoms. The number of benzene rings is 1. The third kappa shape index (κ3) is 4.59. The fourth-order valence-corrected chi connectivity index (χ4v) is 5.86. The number of hydrogen-bond donors (Lipinski definition) is 1. The summed E-state index contributed by atoms with van der Waals surface area (Å²) in [7, 11) is -3.60. The van der Waals surface area contributed by atoms with Crippen molar-refractivity contribution in [3.05, 3.63) is 29.3 Å². The van der Waals surface area contributed by atoms with Crippen molar-refractivity contribution >= 4 is 27.5 Å². The van der Waals surface area contributed by atoms with Crippen molar-refractivity contribution < 1.29 is 13.2 Å². The summed E-state index contributed by atoms with van der Waals surface area (Å²) in [5, 5.41) is 3.43. The largest absolute Gasteiger partial charge is 0.353 e. The number of rotatable bonds is 4. The minimum absolute atomic E-state index is 0.0895. The molecule has 0 unspecified atom stereocenters. The van der Waals surface area contributed by atoms with Crippen LogP contribution in [-0.2, 0) is 14.8 Å². The molecule has 3 rings (SSSR count). The number of nitrogens with zero attached hydrogens (tertiary/aromatic N) is 1. The number of carbonyl (C=O) groups excluding carboxylic acids is 1. The Kier molecular flexibility index (Phi) is 6.59. The lowest BCUT2D eigenvalue weighted by Crippen LogP contribution is -2.45. The van der Waals surface area contributed by atoms with Crippen LogP contribution in [0.25, 0.3) is 0 Å². The summed E-state index contributed by atoms with van der Waals surface area (Å²) in [4.78, 5) is 12.7. The summed E-state index contributed by atoms with van der Waals surface area (Å²) < 4.78 is 27.0. The molecule has 7 heteroatoms. The molecule has 2 fully saturated rings. The van der Waals surface area contributed by atoms with Gasteiger partial charge in [-0.05, 0) is 37.8 Å². The molecule has 5 nitrogen and oxygen atoms in total. The molecule has 1 aliphatic carbocycles. The highest BCUT2D eigenvalue weighted by Gasteiger charge is 2.33. The molecule has 26 heavy (non-hydrogen) atoms. The van der Waals surface area contributed by atoms with Gasteiger partial charge in [-0.25, -0.2) is 8.42 Å². The minimum Gasteiger partial charge on any atom is -0.353 e. The lowest BCUT2D eigenvalue weighted by Gasteiger charge is -2.31. The van der Waals surface area contributed by atoms with Gasteiger partial charge in [0, 0.05) is 25.0 Å². The molecule has 1 amide bonds. The second kappa shape index (κ2) is 8.72. The average Bonchev–Trinajstić information content (AvgIpc) is 2.90. The van der Waals surface area contributed by atoms with E-state index in [1.54, 1.807) is 18.2 Å². The molecular formula is C19H27ClN2O3S. The van der Waals surface area contributed by atoms with Gasteiger partial charge in [-0.3, -0.25) is 4.79 Å². The van der Waals surface area contributed by atoms with Crippen molar-refractivity contribution in [2.45, 2.75) is 62.3 Å². The first-order chi connectivity index (χ1) is 12.5. The monoisotopic (exact) mass is 398 g/mol. The number of nitrogens with one attached hydrogen (secondary N) is 1. The van der Waals surface area contributed by atoms with Crippen molar-refractivity contribution in [3.63, 3.8) is 0 Å². The second-order valence-electron chi connectivity index (χ2n) is 7.31. The molecule has 1 aromatic rings. The Morgan fingerprint density at radius 2 is 1.62 bits per heavy atom. The van der Waals surface area contributed by atoms with Gasteiger partial charge in [0.15, 0.2) is 0 Å². The maximum absolute atomic E-state index is 12.8. The smallest absolute Gasteiger partial charge is 0.244 e. The Morgan fingerprint density at radius 1 is 1.00 bits per heavy atom. The molecule has 0 atom stereocenters. The van der Waals surface area contributed by atoms with E-state index in [4.69, 9.17) is 11.6 Å². The van der Waals surface area contributed by atoms with E-state index in [-0.39, 0.29) is 27.8 Å². The van der Waals surface area contributed by atoms with Gasteiger partial charge in [0.05, 0.1) is 5.02 Å². The van der Waals surface area contributed by atoms with Crippen molar-refractivity contribution in [2.24, 2.45) is 5.92 Å². The Bertz CT molecular complexity index is 722. The Morgan fingerprint density at radius 3 is 2.23 bits per heavy atom. The molecule has 1 N–H and O–H groups in total. The quantitative estimate of drug-likeness (QED) is 0.788. The number of piperidine rings is 1. The Labute approximate surface area is 161 Å². The summed E-state index contributed by atoms with van der Waals surface area (Å²) in [5.74, 6) is -0.0114. The van der Waals surface area contributed by atoms with Gasteiger partial charge in [-0.15, -0.1) is 0 Å². The lowest BCUT2D eigenvalue weighted by atomic mass is 9.96. The molecule has 1 aliphatic heterocycles. The van der Waals surface area contributed by atoms with Gasteiger partial charge in [0.2, 0.25) is 15.9 Å². The van der Waals surface area contributed by atoms with E-state index in [2.05, 4.69) is 5.32 Å².